The summed E-state index contributed by atoms with van der Waals surface area (Å²) in [5, 5.41) is 1.35. The van der Waals surface area contributed by atoms with E-state index < -0.39 is 9.84 Å². The highest BCUT2D eigenvalue weighted by atomic mass is 79.9. The smallest absolute Gasteiger partial charge is 0.175 e. The van der Waals surface area contributed by atoms with Gasteiger partial charge in [-0.25, -0.2) is 18.4 Å². The molecular weight excluding hydrogens is 739 g/mol. The minimum atomic E-state index is -3.25. The molecule has 246 valence electrons. The van der Waals surface area contributed by atoms with Crippen LogP contribution in [0.3, 0.4) is 0 Å². The van der Waals surface area contributed by atoms with Gasteiger partial charge in [0.1, 0.15) is 11.6 Å². The molecular formula is C39H31BrCl2N4O2S. The quantitative estimate of drug-likeness (QED) is 0.169. The van der Waals surface area contributed by atoms with Crippen molar-refractivity contribution in [2.45, 2.75) is 18.7 Å². The number of nitrogens with zero attached hydrogens (tertiary/aromatic N) is 4. The van der Waals surface area contributed by atoms with Crippen molar-refractivity contribution >= 4 is 49.0 Å². The second kappa shape index (κ2) is 14.6. The minimum absolute atomic E-state index is 0.310. The standard InChI is InChI=1S/C23H19ClN2O2S.C16H12BrClN2/c1-16-15-26(23(25-16)21-8-3-4-9-22(21)24)19-12-10-17(11-13-19)18-6-5-7-20(14-18)29(2,27)28;1-11-10-20(13-8-6-12(17)7-9-13)16(19-11)14-4-2-3-5-15(14)18/h3-15H,1-2H3;2-10H,1H3. The van der Waals surface area contributed by atoms with Gasteiger partial charge in [0.15, 0.2) is 9.84 Å². The molecule has 5 aromatic carbocycles. The maximum atomic E-state index is 11.8. The van der Waals surface area contributed by atoms with Crippen LogP contribution in [0.25, 0.3) is 45.3 Å². The lowest BCUT2D eigenvalue weighted by Crippen LogP contribution is -1.98. The van der Waals surface area contributed by atoms with Crippen LogP contribution in [0, 0.1) is 13.8 Å². The minimum Gasteiger partial charge on any atom is -0.299 e. The number of sulfone groups is 1. The van der Waals surface area contributed by atoms with Gasteiger partial charge in [0.2, 0.25) is 0 Å². The van der Waals surface area contributed by atoms with Crippen molar-refractivity contribution in [1.82, 2.24) is 19.1 Å². The van der Waals surface area contributed by atoms with E-state index in [0.717, 1.165) is 61.1 Å². The molecule has 0 amide bonds. The SMILES string of the molecule is Cc1cn(-c2ccc(-c3cccc(S(C)(=O)=O)c3)cc2)c(-c2ccccc2Cl)n1.Cc1cn(-c2ccc(Br)cc2)c(-c2ccccc2Cl)n1. The van der Waals surface area contributed by atoms with Crippen molar-refractivity contribution in [2.24, 2.45) is 0 Å². The topological polar surface area (TPSA) is 69.8 Å². The molecule has 0 bridgehead atoms. The largest absolute Gasteiger partial charge is 0.299 e. The lowest BCUT2D eigenvalue weighted by Gasteiger charge is -2.10. The Morgan fingerprint density at radius 1 is 0.592 bits per heavy atom. The molecule has 2 heterocycles. The lowest BCUT2D eigenvalue weighted by atomic mass is 10.1. The fourth-order valence-electron chi connectivity index (χ4n) is 5.38. The summed E-state index contributed by atoms with van der Waals surface area (Å²) < 4.78 is 28.8. The average molecular weight is 771 g/mol. The monoisotopic (exact) mass is 768 g/mol. The first-order chi connectivity index (χ1) is 23.5. The number of rotatable bonds is 6. The molecule has 0 saturated carbocycles. The van der Waals surface area contributed by atoms with Gasteiger partial charge in [-0.05, 0) is 97.8 Å². The molecule has 6 nitrogen and oxygen atoms in total. The van der Waals surface area contributed by atoms with Crippen LogP contribution in [0.15, 0.2) is 143 Å². The summed E-state index contributed by atoms with van der Waals surface area (Å²) >= 11 is 16.1. The van der Waals surface area contributed by atoms with Crippen LogP contribution in [0.2, 0.25) is 10.0 Å². The number of benzene rings is 5. The molecule has 0 N–H and O–H groups in total. The fraction of sp³-hybridized carbons (Fsp3) is 0.0769. The van der Waals surface area contributed by atoms with E-state index in [1.165, 1.54) is 6.26 Å². The predicted octanol–water partition coefficient (Wildman–Crippen LogP) is 10.8. The van der Waals surface area contributed by atoms with Gasteiger partial charge in [-0.15, -0.1) is 0 Å². The van der Waals surface area contributed by atoms with Gasteiger partial charge in [0.25, 0.3) is 0 Å². The molecule has 0 fully saturated rings. The Morgan fingerprint density at radius 2 is 1.06 bits per heavy atom. The maximum Gasteiger partial charge on any atom is 0.175 e. The van der Waals surface area contributed by atoms with E-state index in [1.807, 2.05) is 134 Å². The van der Waals surface area contributed by atoms with Gasteiger partial charge in [0.05, 0.1) is 26.3 Å². The summed E-state index contributed by atoms with van der Waals surface area (Å²) in [5.74, 6) is 1.63. The van der Waals surface area contributed by atoms with E-state index in [4.69, 9.17) is 23.2 Å². The van der Waals surface area contributed by atoms with Crippen LogP contribution >= 0.6 is 39.1 Å². The Balaban J connectivity index is 0.000000182. The zero-order valence-electron chi connectivity index (χ0n) is 26.8. The molecule has 49 heavy (non-hydrogen) atoms. The number of aryl methyl sites for hydroxylation is 2. The van der Waals surface area contributed by atoms with E-state index >= 15 is 0 Å². The molecule has 0 unspecified atom stereocenters. The molecule has 0 aliphatic carbocycles. The van der Waals surface area contributed by atoms with E-state index in [-0.39, 0.29) is 0 Å². The van der Waals surface area contributed by atoms with Crippen molar-refractivity contribution in [2.75, 3.05) is 6.26 Å². The maximum absolute atomic E-state index is 11.8. The van der Waals surface area contributed by atoms with Crippen molar-refractivity contribution in [1.29, 1.82) is 0 Å². The van der Waals surface area contributed by atoms with Gasteiger partial charge >= 0.3 is 0 Å². The average Bonchev–Trinajstić information content (AvgIpc) is 3.68. The van der Waals surface area contributed by atoms with E-state index in [9.17, 15) is 8.42 Å². The van der Waals surface area contributed by atoms with Crippen LogP contribution < -0.4 is 0 Å². The number of imidazole rings is 2. The third-order valence-electron chi connectivity index (χ3n) is 7.73. The van der Waals surface area contributed by atoms with E-state index in [2.05, 4.69) is 30.5 Å². The second-order valence-electron chi connectivity index (χ2n) is 11.4. The Labute approximate surface area is 304 Å². The van der Waals surface area contributed by atoms with Crippen molar-refractivity contribution < 1.29 is 8.42 Å². The highest BCUT2D eigenvalue weighted by Gasteiger charge is 2.15. The summed E-state index contributed by atoms with van der Waals surface area (Å²) in [5.41, 5.74) is 7.46. The summed E-state index contributed by atoms with van der Waals surface area (Å²) in [6.45, 7) is 3.93. The summed E-state index contributed by atoms with van der Waals surface area (Å²) in [6, 6.07) is 38.4. The first kappa shape index (κ1) is 34.4. The first-order valence-corrected chi connectivity index (χ1v) is 18.7. The van der Waals surface area contributed by atoms with Gasteiger partial charge in [-0.2, -0.15) is 0 Å². The molecule has 0 spiro atoms. The highest BCUT2D eigenvalue weighted by Crippen LogP contribution is 2.31. The number of halogens is 3. The third-order valence-corrected chi connectivity index (χ3v) is 10.0. The van der Waals surface area contributed by atoms with Crippen molar-refractivity contribution in [3.8, 4) is 45.3 Å². The molecule has 10 heteroatoms. The zero-order valence-corrected chi connectivity index (χ0v) is 30.8. The molecule has 0 aliphatic heterocycles. The van der Waals surface area contributed by atoms with Crippen LogP contribution in [-0.4, -0.2) is 33.8 Å². The van der Waals surface area contributed by atoms with Crippen LogP contribution in [-0.2, 0) is 9.84 Å². The second-order valence-corrected chi connectivity index (χ2v) is 15.2. The van der Waals surface area contributed by atoms with Crippen LogP contribution in [0.4, 0.5) is 0 Å². The number of hydrogen-bond acceptors (Lipinski definition) is 4. The van der Waals surface area contributed by atoms with E-state index in [1.54, 1.807) is 18.2 Å². The summed E-state index contributed by atoms with van der Waals surface area (Å²) in [7, 11) is -3.25. The molecule has 7 rings (SSSR count). The van der Waals surface area contributed by atoms with Crippen LogP contribution in [0.5, 0.6) is 0 Å². The highest BCUT2D eigenvalue weighted by molar-refractivity contribution is 9.10. The van der Waals surface area contributed by atoms with Gasteiger partial charge in [-0.3, -0.25) is 9.13 Å². The number of aromatic nitrogens is 4. The fourth-order valence-corrected chi connectivity index (χ4v) is 6.75. The van der Waals surface area contributed by atoms with Gasteiger partial charge in [0, 0.05) is 45.6 Å². The normalized spacial score (nSPS) is 11.2. The van der Waals surface area contributed by atoms with Crippen molar-refractivity contribution in [3.05, 3.63) is 160 Å². The third kappa shape index (κ3) is 7.89. The zero-order chi connectivity index (χ0) is 34.7. The van der Waals surface area contributed by atoms with Crippen molar-refractivity contribution in [3.63, 3.8) is 0 Å². The molecule has 0 radical (unpaired) electrons. The summed E-state index contributed by atoms with van der Waals surface area (Å²) in [4.78, 5) is 9.57. The van der Waals surface area contributed by atoms with Crippen LogP contribution in [0.1, 0.15) is 11.4 Å². The lowest BCUT2D eigenvalue weighted by molar-refractivity contribution is 0.602. The Bertz CT molecular complexity index is 2370. The molecule has 0 saturated heterocycles. The Morgan fingerprint density at radius 3 is 1.53 bits per heavy atom. The predicted molar refractivity (Wildman–Crippen MR) is 204 cm³/mol. The molecule has 2 aromatic heterocycles. The molecule has 0 aliphatic rings. The Kier molecular flexibility index (Phi) is 10.2. The summed E-state index contributed by atoms with van der Waals surface area (Å²) in [6.07, 6.45) is 5.20. The Hall–Kier alpha value is -4.47. The van der Waals surface area contributed by atoms with E-state index in [0.29, 0.717) is 14.9 Å². The molecule has 0 atom stereocenters. The van der Waals surface area contributed by atoms with Gasteiger partial charge in [-0.1, -0.05) is 87.7 Å². The van der Waals surface area contributed by atoms with Gasteiger partial charge < -0.3 is 0 Å². The number of hydrogen-bond donors (Lipinski definition) is 0. The molecule has 7 aromatic rings. The first-order valence-electron chi connectivity index (χ1n) is 15.3.